The Kier molecular flexibility index (Phi) is 8.57. The Bertz CT molecular complexity index is 1500. The Balaban J connectivity index is 1.63. The van der Waals surface area contributed by atoms with Crippen LogP contribution in [-0.4, -0.2) is 41.4 Å². The van der Waals surface area contributed by atoms with E-state index < -0.39 is 35.1 Å². The van der Waals surface area contributed by atoms with Crippen LogP contribution in [0.3, 0.4) is 0 Å². The van der Waals surface area contributed by atoms with Crippen molar-refractivity contribution in [1.29, 1.82) is 0 Å². The Morgan fingerprint density at radius 3 is 1.95 bits per heavy atom. The highest BCUT2D eigenvalue weighted by Crippen LogP contribution is 2.46. The lowest BCUT2D eigenvalue weighted by molar-refractivity contribution is -0.0787. The third kappa shape index (κ3) is 5.14. The van der Waals surface area contributed by atoms with Gasteiger partial charge in [-0.15, -0.1) is 11.6 Å². The summed E-state index contributed by atoms with van der Waals surface area (Å²) < 4.78 is 33.6. The number of nitrogens with one attached hydrogen (secondary N) is 1. The van der Waals surface area contributed by atoms with Gasteiger partial charge in [0.25, 0.3) is 0 Å². The predicted octanol–water partition coefficient (Wildman–Crippen LogP) is 6.56. The van der Waals surface area contributed by atoms with Crippen molar-refractivity contribution in [2.45, 2.75) is 43.8 Å². The normalized spacial score (nSPS) is 22.1. The summed E-state index contributed by atoms with van der Waals surface area (Å²) in [6.07, 6.45) is -0.474. The number of rotatable bonds is 10. The molecule has 1 saturated heterocycles. The lowest BCUT2D eigenvalue weighted by Crippen LogP contribution is -2.40. The minimum atomic E-state index is -1.41. The molecule has 0 saturated carbocycles. The van der Waals surface area contributed by atoms with Crippen molar-refractivity contribution in [3.63, 3.8) is 0 Å². The lowest BCUT2D eigenvalue weighted by Gasteiger charge is -2.37. The monoisotopic (exact) mass is 591 g/mol. The molecule has 1 fully saturated rings. The maximum Gasteiger partial charge on any atom is 0.351 e. The summed E-state index contributed by atoms with van der Waals surface area (Å²) in [7, 11) is 3.24. The SMILES string of the molecule is CC[C@@]1(CCl)O[C@@H](n2ccc(NC(c3ccccc3)(c3ccc(OC)cc3)c3ccc(OC)cc3)nc2=O)[C@@H](F)[C@@H]1C. The number of hydrogen-bond donors (Lipinski definition) is 1. The van der Waals surface area contributed by atoms with Crippen molar-refractivity contribution in [1.82, 2.24) is 9.55 Å². The average molecular weight is 592 g/mol. The Hall–Kier alpha value is -3.88. The van der Waals surface area contributed by atoms with Crippen molar-refractivity contribution < 1.29 is 18.6 Å². The van der Waals surface area contributed by atoms with Gasteiger partial charge in [-0.3, -0.25) is 4.57 Å². The van der Waals surface area contributed by atoms with Crippen molar-refractivity contribution in [3.05, 3.63) is 118 Å². The maximum atomic E-state index is 15.5. The number of nitrogens with zero attached hydrogens (tertiary/aromatic N) is 2. The largest absolute Gasteiger partial charge is 0.497 e. The minimum Gasteiger partial charge on any atom is -0.497 e. The number of ether oxygens (including phenoxy) is 3. The first-order chi connectivity index (χ1) is 20.3. The van der Waals surface area contributed by atoms with Gasteiger partial charge in [-0.2, -0.15) is 4.98 Å². The van der Waals surface area contributed by atoms with Gasteiger partial charge in [-0.1, -0.05) is 68.4 Å². The van der Waals surface area contributed by atoms with Crippen LogP contribution < -0.4 is 20.5 Å². The van der Waals surface area contributed by atoms with E-state index in [2.05, 4.69) is 10.3 Å². The summed E-state index contributed by atoms with van der Waals surface area (Å²) in [6, 6.07) is 27.0. The quantitative estimate of drug-likeness (QED) is 0.166. The Morgan fingerprint density at radius 1 is 0.952 bits per heavy atom. The van der Waals surface area contributed by atoms with E-state index in [-0.39, 0.29) is 5.88 Å². The average Bonchev–Trinajstić information content (AvgIpc) is 3.30. The number of methoxy groups -OCH3 is 2. The Morgan fingerprint density at radius 2 is 1.50 bits per heavy atom. The van der Waals surface area contributed by atoms with E-state index >= 15 is 4.39 Å². The van der Waals surface area contributed by atoms with Crippen LogP contribution in [0.1, 0.15) is 43.2 Å². The van der Waals surface area contributed by atoms with Gasteiger partial charge >= 0.3 is 5.69 Å². The zero-order valence-electron chi connectivity index (χ0n) is 24.1. The van der Waals surface area contributed by atoms with E-state index in [9.17, 15) is 4.79 Å². The van der Waals surface area contributed by atoms with Crippen LogP contribution in [0.25, 0.3) is 0 Å². The van der Waals surface area contributed by atoms with E-state index in [0.717, 1.165) is 16.7 Å². The second-order valence-electron chi connectivity index (χ2n) is 10.5. The summed E-state index contributed by atoms with van der Waals surface area (Å²) in [6.45, 7) is 3.67. The molecule has 0 radical (unpaired) electrons. The van der Waals surface area contributed by atoms with Crippen LogP contribution in [0, 0.1) is 5.92 Å². The summed E-state index contributed by atoms with van der Waals surface area (Å²) in [5.74, 6) is 1.38. The molecule has 2 heterocycles. The second-order valence-corrected chi connectivity index (χ2v) is 10.8. The van der Waals surface area contributed by atoms with Gasteiger partial charge in [-0.25, -0.2) is 9.18 Å². The van der Waals surface area contributed by atoms with Crippen molar-refractivity contribution in [2.24, 2.45) is 5.92 Å². The molecule has 0 spiro atoms. The molecule has 1 aliphatic heterocycles. The van der Waals surface area contributed by atoms with Gasteiger partial charge in [-0.05, 0) is 53.4 Å². The number of halogens is 2. The summed E-state index contributed by atoms with van der Waals surface area (Å²) >= 11 is 6.21. The summed E-state index contributed by atoms with van der Waals surface area (Å²) in [5, 5.41) is 3.57. The fourth-order valence-electron chi connectivity index (χ4n) is 5.77. The van der Waals surface area contributed by atoms with E-state index in [4.69, 9.17) is 25.8 Å². The fraction of sp³-hybridized carbons (Fsp3) is 0.333. The minimum absolute atomic E-state index is 0.132. The number of hydrogen-bond acceptors (Lipinski definition) is 6. The van der Waals surface area contributed by atoms with Gasteiger partial charge in [0.15, 0.2) is 12.4 Å². The first kappa shape index (κ1) is 29.6. The van der Waals surface area contributed by atoms with Crippen molar-refractivity contribution in [2.75, 3.05) is 25.4 Å². The maximum absolute atomic E-state index is 15.5. The smallest absolute Gasteiger partial charge is 0.351 e. The molecule has 4 atom stereocenters. The van der Waals surface area contributed by atoms with Crippen LogP contribution in [0.2, 0.25) is 0 Å². The van der Waals surface area contributed by atoms with Crippen molar-refractivity contribution in [3.8, 4) is 11.5 Å². The molecule has 1 N–H and O–H groups in total. The molecule has 5 rings (SSSR count). The van der Waals surface area contributed by atoms with Gasteiger partial charge in [0.2, 0.25) is 0 Å². The highest BCUT2D eigenvalue weighted by atomic mass is 35.5. The first-order valence-electron chi connectivity index (χ1n) is 13.9. The summed E-state index contributed by atoms with van der Waals surface area (Å²) in [4.78, 5) is 17.8. The van der Waals surface area contributed by atoms with E-state index in [1.54, 1.807) is 27.2 Å². The molecule has 4 aromatic rings. The third-order valence-electron chi connectivity index (χ3n) is 8.43. The molecule has 1 aromatic heterocycles. The molecule has 9 heteroatoms. The highest BCUT2D eigenvalue weighted by molar-refractivity contribution is 6.18. The zero-order chi connectivity index (χ0) is 29.9. The van der Waals surface area contributed by atoms with Crippen LogP contribution in [-0.2, 0) is 10.3 Å². The molecule has 1 aliphatic rings. The van der Waals surface area contributed by atoms with Crippen molar-refractivity contribution >= 4 is 17.4 Å². The number of benzene rings is 3. The van der Waals surface area contributed by atoms with Gasteiger partial charge in [0.1, 0.15) is 22.9 Å². The standard InChI is InChI=1S/C33H35ClFN3O4/c1-5-32(21-34)22(2)29(35)30(42-32)38-20-19-28(36-31(38)39)37-33(23-9-7-6-8-10-23,24-11-15-26(40-3)16-12-24)25-13-17-27(41-4)18-14-25/h6-20,22,29-30H,5,21H2,1-4H3,(H,36,37,39)/t22-,29-,30+,32-/m0/s1. The third-order valence-corrected chi connectivity index (χ3v) is 8.88. The van der Waals surface area contributed by atoms with Gasteiger partial charge in [0.05, 0.1) is 25.7 Å². The molecule has 0 aliphatic carbocycles. The summed E-state index contributed by atoms with van der Waals surface area (Å²) in [5.41, 5.74) is 0.232. The molecule has 3 aromatic carbocycles. The van der Waals surface area contributed by atoms with Crippen LogP contribution in [0.15, 0.2) is 95.9 Å². The molecule has 42 heavy (non-hydrogen) atoms. The molecule has 220 valence electrons. The number of anilines is 1. The van der Waals surface area contributed by atoms with Crippen LogP contribution in [0.5, 0.6) is 11.5 Å². The molecule has 0 unspecified atom stereocenters. The molecular formula is C33H35ClFN3O4. The lowest BCUT2D eigenvalue weighted by atomic mass is 9.77. The number of alkyl halides is 2. The van der Waals surface area contributed by atoms with Crippen LogP contribution in [0.4, 0.5) is 10.2 Å². The predicted molar refractivity (Wildman–Crippen MR) is 162 cm³/mol. The molecule has 7 nitrogen and oxygen atoms in total. The van der Waals surface area contributed by atoms with Gasteiger partial charge < -0.3 is 19.5 Å². The van der Waals surface area contributed by atoms with E-state index in [1.807, 2.05) is 85.8 Å². The molecule has 0 amide bonds. The second kappa shape index (κ2) is 12.2. The van der Waals surface area contributed by atoms with E-state index in [0.29, 0.717) is 23.7 Å². The van der Waals surface area contributed by atoms with E-state index in [1.165, 1.54) is 10.8 Å². The topological polar surface area (TPSA) is 74.6 Å². The Labute approximate surface area is 250 Å². The molecular weight excluding hydrogens is 557 g/mol. The first-order valence-corrected chi connectivity index (χ1v) is 14.4. The zero-order valence-corrected chi connectivity index (χ0v) is 24.8. The molecule has 0 bridgehead atoms. The fourth-order valence-corrected chi connectivity index (χ4v) is 6.26. The highest BCUT2D eigenvalue weighted by Gasteiger charge is 2.53. The number of aromatic nitrogens is 2. The van der Waals surface area contributed by atoms with Gasteiger partial charge in [0, 0.05) is 12.1 Å². The van der Waals surface area contributed by atoms with Crippen LogP contribution >= 0.6 is 11.6 Å².